The Morgan fingerprint density at radius 2 is 1.08 bits per heavy atom. The summed E-state index contributed by atoms with van der Waals surface area (Å²) >= 11 is 0. The summed E-state index contributed by atoms with van der Waals surface area (Å²) < 4.78 is 16.8. The molecule has 0 aromatic heterocycles. The first-order valence-electron chi connectivity index (χ1n) is 12.9. The molecule has 2 aromatic rings. The normalized spacial score (nSPS) is 11.6. The summed E-state index contributed by atoms with van der Waals surface area (Å²) in [5.74, 6) is 0.400. The average molecular weight is 517 g/mol. The molecule has 2 aromatic carbocycles. The van der Waals surface area contributed by atoms with Crippen LogP contribution in [-0.2, 0) is 46.9 Å². The van der Waals surface area contributed by atoms with Gasteiger partial charge in [-0.25, -0.2) is 0 Å². The highest BCUT2D eigenvalue weighted by molar-refractivity contribution is 5.48. The van der Waals surface area contributed by atoms with Crippen LogP contribution in [0.1, 0.15) is 60.1 Å². The van der Waals surface area contributed by atoms with Crippen LogP contribution in [-0.4, -0.2) is 10.2 Å². The van der Waals surface area contributed by atoms with Crippen LogP contribution in [0.3, 0.4) is 0 Å². The third-order valence-corrected chi connectivity index (χ3v) is 5.57. The lowest BCUT2D eigenvalue weighted by atomic mass is 9.95. The van der Waals surface area contributed by atoms with Crippen molar-refractivity contribution in [2.24, 2.45) is 0 Å². The minimum absolute atomic E-state index is 0.157. The molecule has 0 saturated carbocycles. The van der Waals surface area contributed by atoms with Crippen LogP contribution in [0.15, 0.2) is 98.7 Å². The monoisotopic (exact) mass is 516 g/mol. The molecule has 0 radical (unpaired) electrons. The second-order valence-electron chi connectivity index (χ2n) is 8.63. The van der Waals surface area contributed by atoms with Crippen LogP contribution in [0.2, 0.25) is 0 Å². The Hall–Kier alpha value is -4.12. The smallest absolute Gasteiger partial charge is 0.128 e. The zero-order valence-electron chi connectivity index (χ0n) is 22.6. The molecule has 2 rings (SSSR count). The number of hydrogen-bond acceptors (Lipinski definition) is 5. The lowest BCUT2D eigenvalue weighted by Gasteiger charge is -2.15. The minimum Gasteiger partial charge on any atom is -0.507 e. The van der Waals surface area contributed by atoms with Crippen molar-refractivity contribution in [2.45, 2.75) is 59.4 Å². The van der Waals surface area contributed by atoms with Crippen molar-refractivity contribution in [2.75, 3.05) is 0 Å². The van der Waals surface area contributed by atoms with Crippen molar-refractivity contribution >= 4 is 0 Å². The number of phenolic OH excluding ortho intramolecular Hbond substituents is 2. The Balaban J connectivity index is 2.43. The maximum atomic E-state index is 10.9. The van der Waals surface area contributed by atoms with Crippen LogP contribution < -0.4 is 0 Å². The van der Waals surface area contributed by atoms with E-state index in [4.69, 9.17) is 14.2 Å². The topological polar surface area (TPSA) is 68.2 Å². The molecule has 38 heavy (non-hydrogen) atoms. The Morgan fingerprint density at radius 3 is 1.55 bits per heavy atom. The molecule has 0 amide bonds. The van der Waals surface area contributed by atoms with E-state index >= 15 is 0 Å². The summed E-state index contributed by atoms with van der Waals surface area (Å²) in [5, 5.41) is 21.8. The third-order valence-electron chi connectivity index (χ3n) is 5.57. The molecule has 0 unspecified atom stereocenters. The fourth-order valence-corrected chi connectivity index (χ4v) is 3.77. The molecular weight excluding hydrogens is 476 g/mol. The fraction of sp³-hybridized carbons (Fsp3) is 0.273. The molecule has 0 aliphatic rings. The van der Waals surface area contributed by atoms with Gasteiger partial charge in [0.15, 0.2) is 0 Å². The molecule has 0 bridgehead atoms. The van der Waals surface area contributed by atoms with Crippen molar-refractivity contribution in [3.8, 4) is 11.5 Å². The van der Waals surface area contributed by atoms with Gasteiger partial charge in [0.2, 0.25) is 0 Å². The largest absolute Gasteiger partial charge is 0.507 e. The predicted octanol–water partition coefficient (Wildman–Crippen LogP) is 8.07. The summed E-state index contributed by atoms with van der Waals surface area (Å²) in [6.45, 7) is 12.1. The SMILES string of the molecule is C=CC=COCc1cc(Cc2cc(COC=CC=C)c(O)c(COC=CCC)c2)cc(CC=CCC)c1O. The lowest BCUT2D eigenvalue weighted by Crippen LogP contribution is -2.01. The van der Waals surface area contributed by atoms with E-state index in [1.54, 1.807) is 43.1 Å². The number of rotatable bonds is 17. The summed E-state index contributed by atoms with van der Waals surface area (Å²) in [7, 11) is 0. The third kappa shape index (κ3) is 10.1. The van der Waals surface area contributed by atoms with Gasteiger partial charge in [0.05, 0.1) is 18.8 Å². The summed E-state index contributed by atoms with van der Waals surface area (Å²) in [5.41, 5.74) is 4.90. The second-order valence-corrected chi connectivity index (χ2v) is 8.63. The van der Waals surface area contributed by atoms with Gasteiger partial charge in [-0.2, -0.15) is 0 Å². The highest BCUT2D eigenvalue weighted by Crippen LogP contribution is 2.31. The van der Waals surface area contributed by atoms with Gasteiger partial charge >= 0.3 is 0 Å². The predicted molar refractivity (Wildman–Crippen MR) is 155 cm³/mol. The van der Waals surface area contributed by atoms with Crippen LogP contribution in [0, 0.1) is 0 Å². The maximum Gasteiger partial charge on any atom is 0.128 e. The molecule has 0 fully saturated rings. The molecule has 202 valence electrons. The van der Waals surface area contributed by atoms with Gasteiger partial charge in [0.25, 0.3) is 0 Å². The van der Waals surface area contributed by atoms with Crippen molar-refractivity contribution in [1.82, 2.24) is 0 Å². The van der Waals surface area contributed by atoms with E-state index in [1.165, 1.54) is 0 Å². The number of benzene rings is 2. The Labute approximate surface area is 227 Å². The molecule has 2 N–H and O–H groups in total. The molecule has 0 aliphatic heterocycles. The number of hydrogen-bond donors (Lipinski definition) is 2. The van der Waals surface area contributed by atoms with Gasteiger partial charge in [-0.3, -0.25) is 0 Å². The zero-order chi connectivity index (χ0) is 27.6. The van der Waals surface area contributed by atoms with Gasteiger partial charge in [-0.1, -0.05) is 63.5 Å². The summed E-state index contributed by atoms with van der Waals surface area (Å²) in [6.07, 6.45) is 20.5. The number of phenols is 2. The maximum absolute atomic E-state index is 10.9. The summed E-state index contributed by atoms with van der Waals surface area (Å²) in [6, 6.07) is 7.87. The molecule has 0 atom stereocenters. The van der Waals surface area contributed by atoms with E-state index in [1.807, 2.05) is 37.3 Å². The van der Waals surface area contributed by atoms with E-state index in [0.717, 1.165) is 29.5 Å². The van der Waals surface area contributed by atoms with Gasteiger partial charge in [0.1, 0.15) is 31.3 Å². The zero-order valence-corrected chi connectivity index (χ0v) is 22.6. The number of allylic oxidation sites excluding steroid dienone is 7. The molecule has 0 spiro atoms. The first-order valence-corrected chi connectivity index (χ1v) is 12.9. The van der Waals surface area contributed by atoms with Crippen molar-refractivity contribution < 1.29 is 24.4 Å². The lowest BCUT2D eigenvalue weighted by molar-refractivity contribution is 0.222. The number of aromatic hydroxyl groups is 2. The van der Waals surface area contributed by atoms with E-state index in [0.29, 0.717) is 29.5 Å². The van der Waals surface area contributed by atoms with Crippen LogP contribution in [0.4, 0.5) is 0 Å². The second kappa shape index (κ2) is 17.4. The first-order chi connectivity index (χ1) is 18.5. The minimum atomic E-state index is 0.157. The van der Waals surface area contributed by atoms with Crippen LogP contribution >= 0.6 is 0 Å². The van der Waals surface area contributed by atoms with E-state index < -0.39 is 0 Å². The molecule has 0 aliphatic carbocycles. The van der Waals surface area contributed by atoms with Crippen LogP contribution in [0.25, 0.3) is 0 Å². The quantitative estimate of drug-likeness (QED) is 0.126. The van der Waals surface area contributed by atoms with Crippen LogP contribution in [0.5, 0.6) is 11.5 Å². The molecular formula is C33H40O5. The standard InChI is InChI=1S/C33H40O5/c1-5-9-13-14-28-19-26(20-29(32(28)34)23-36-15-10-6-2)18-27-21-30(24-37-16-11-7-3)33(35)31(22-27)25-38-17-12-8-4/h6-7,9-13,15-17,19-22,34-35H,2-3,5,8,14,18,23-25H2,1,4H3. The van der Waals surface area contributed by atoms with Gasteiger partial charge < -0.3 is 24.4 Å². The number of ether oxygens (including phenoxy) is 3. The molecule has 0 heterocycles. The van der Waals surface area contributed by atoms with Gasteiger partial charge in [0, 0.05) is 16.7 Å². The Bertz CT molecular complexity index is 1150. The summed E-state index contributed by atoms with van der Waals surface area (Å²) in [4.78, 5) is 0. The van der Waals surface area contributed by atoms with E-state index in [-0.39, 0.29) is 31.3 Å². The molecule has 5 heteroatoms. The Kier molecular flexibility index (Phi) is 13.8. The fourth-order valence-electron chi connectivity index (χ4n) is 3.77. The molecule has 0 saturated heterocycles. The van der Waals surface area contributed by atoms with E-state index in [9.17, 15) is 10.2 Å². The Morgan fingerprint density at radius 1 is 0.632 bits per heavy atom. The van der Waals surface area contributed by atoms with Crippen molar-refractivity contribution in [1.29, 1.82) is 0 Å². The van der Waals surface area contributed by atoms with E-state index in [2.05, 4.69) is 32.2 Å². The van der Waals surface area contributed by atoms with Gasteiger partial charge in [-0.15, -0.1) is 0 Å². The molecule has 5 nitrogen and oxygen atoms in total. The average Bonchev–Trinajstić information content (AvgIpc) is 2.91. The first kappa shape index (κ1) is 30.1. The highest BCUT2D eigenvalue weighted by Gasteiger charge is 2.14. The highest BCUT2D eigenvalue weighted by atomic mass is 16.5. The van der Waals surface area contributed by atoms with Crippen molar-refractivity contribution in [3.05, 3.63) is 132 Å². The van der Waals surface area contributed by atoms with Gasteiger partial charge in [-0.05, 0) is 72.7 Å². The van der Waals surface area contributed by atoms with Crippen molar-refractivity contribution in [3.63, 3.8) is 0 Å².